The third-order valence-electron chi connectivity index (χ3n) is 17.6. The van der Waals surface area contributed by atoms with Crippen molar-refractivity contribution in [1.82, 2.24) is 0 Å². The summed E-state index contributed by atoms with van der Waals surface area (Å²) in [5.41, 5.74) is 0.656. The average molecular weight is 1290 g/mol. The largest absolute Gasteiger partial charge is 0.455 e. The molecule has 26 heteroatoms. The number of carbonyl (C=O) groups is 4. The van der Waals surface area contributed by atoms with E-state index in [4.69, 9.17) is 66.3 Å². The fourth-order valence-corrected chi connectivity index (χ4v) is 12.0. The van der Waals surface area contributed by atoms with Crippen LogP contribution in [-0.4, -0.2) is 231 Å². The Morgan fingerprint density at radius 2 is 1.19 bits per heavy atom. The molecule has 1 aromatic carbocycles. The van der Waals surface area contributed by atoms with Gasteiger partial charge in [0.15, 0.2) is 55.9 Å². The molecule has 27 atom stereocenters. The van der Waals surface area contributed by atoms with Crippen LogP contribution in [0.4, 0.5) is 0 Å². The molecule has 1 unspecified atom stereocenters. The van der Waals surface area contributed by atoms with Crippen molar-refractivity contribution in [3.63, 3.8) is 0 Å². The van der Waals surface area contributed by atoms with Crippen LogP contribution < -0.4 is 0 Å². The SMILES string of the molecule is CCCCCC1CCCCCCCCCC(=O)O[C@H]2[C@H](O[C@H]3[C@H](O1)O[C@H](CO)[C@@H](O)[C@@H]3O)O[C@@H](C)[C@H](O[C@@H]1O[C@@H](C)[C@H](O[C@@H]3O[C@@H](C)[C@H](OC(=O)[C@@H](C)CC)[C@@H](OC(=O)/C=C/c4ccccc4)[C@H]3O)[C@@H](O[C@@H]3O[C@@H](C)[C@H](O)[C@@H](O)[C@H]3O)[C@H]1OC(=O)CCC)[C@H]2O. The van der Waals surface area contributed by atoms with Crippen molar-refractivity contribution >= 4 is 30.0 Å². The number of benzene rings is 1. The van der Waals surface area contributed by atoms with Gasteiger partial charge in [-0.05, 0) is 71.4 Å². The Labute approximate surface area is 526 Å². The van der Waals surface area contributed by atoms with E-state index in [0.29, 0.717) is 37.7 Å². The molecule has 1 aromatic rings. The second kappa shape index (κ2) is 35.6. The highest BCUT2D eigenvalue weighted by molar-refractivity contribution is 5.87. The number of ether oxygens (including phenoxy) is 14. The van der Waals surface area contributed by atoms with Crippen molar-refractivity contribution in [2.75, 3.05) is 6.61 Å². The molecule has 0 aliphatic carbocycles. The molecule has 512 valence electrons. The Hall–Kier alpha value is -3.88. The lowest BCUT2D eigenvalue weighted by Gasteiger charge is -2.51. The molecular weight excluding hydrogens is 1180 g/mol. The predicted octanol–water partition coefficient (Wildman–Crippen LogP) is 3.45. The van der Waals surface area contributed by atoms with E-state index in [0.717, 1.165) is 57.4 Å². The Bertz CT molecular complexity index is 2370. The first-order valence-corrected chi connectivity index (χ1v) is 32.5. The van der Waals surface area contributed by atoms with Gasteiger partial charge in [-0.25, -0.2) is 4.79 Å². The van der Waals surface area contributed by atoms with Crippen LogP contribution in [0.2, 0.25) is 0 Å². The minimum atomic E-state index is -1.95. The van der Waals surface area contributed by atoms with E-state index < -0.39 is 190 Å². The van der Waals surface area contributed by atoms with Crippen molar-refractivity contribution in [3.05, 3.63) is 42.0 Å². The number of unbranched alkanes of at least 4 members (excludes halogenated alkanes) is 2. The van der Waals surface area contributed by atoms with E-state index in [1.165, 1.54) is 33.8 Å². The molecule has 0 radical (unpaired) electrons. The molecule has 6 aliphatic heterocycles. The van der Waals surface area contributed by atoms with Gasteiger partial charge in [-0.1, -0.05) is 116 Å². The number of carbonyl (C=O) groups excluding carboxylic acids is 4. The van der Waals surface area contributed by atoms with Gasteiger partial charge in [-0.2, -0.15) is 0 Å². The van der Waals surface area contributed by atoms with Crippen LogP contribution in [0, 0.1) is 5.92 Å². The molecule has 90 heavy (non-hydrogen) atoms. The van der Waals surface area contributed by atoms with E-state index in [1.54, 1.807) is 51.1 Å². The molecular formula is C64H100O26. The number of hydrogen-bond acceptors (Lipinski definition) is 26. The summed E-state index contributed by atoms with van der Waals surface area (Å²) in [6.45, 7) is 12.4. The smallest absolute Gasteiger partial charge is 0.331 e. The van der Waals surface area contributed by atoms with E-state index >= 15 is 0 Å². The second-order valence-corrected chi connectivity index (χ2v) is 24.7. The molecule has 0 bridgehead atoms. The zero-order chi connectivity index (χ0) is 65.3. The summed E-state index contributed by atoms with van der Waals surface area (Å²) < 4.78 is 88.2. The molecule has 6 heterocycles. The van der Waals surface area contributed by atoms with Crippen molar-refractivity contribution < 1.29 is 126 Å². The summed E-state index contributed by atoms with van der Waals surface area (Å²) >= 11 is 0. The third-order valence-corrected chi connectivity index (χ3v) is 17.6. The van der Waals surface area contributed by atoms with Gasteiger partial charge in [-0.15, -0.1) is 0 Å². The molecule has 6 saturated heterocycles. The zero-order valence-corrected chi connectivity index (χ0v) is 53.1. The van der Waals surface area contributed by atoms with E-state index in [-0.39, 0.29) is 25.4 Å². The number of fused-ring (bicyclic) bond motifs is 2. The van der Waals surface area contributed by atoms with Crippen molar-refractivity contribution in [3.8, 4) is 0 Å². The normalized spacial score (nSPS) is 40.6. The Morgan fingerprint density at radius 1 is 0.567 bits per heavy atom. The fraction of sp³-hybridized carbons (Fsp3) is 0.812. The number of aliphatic hydroxyl groups excluding tert-OH is 8. The van der Waals surface area contributed by atoms with Crippen LogP contribution in [0.3, 0.4) is 0 Å². The molecule has 0 aromatic heterocycles. The Kier molecular flexibility index (Phi) is 29.1. The van der Waals surface area contributed by atoms with Gasteiger partial charge in [0.1, 0.15) is 73.2 Å². The van der Waals surface area contributed by atoms with E-state index in [2.05, 4.69) is 6.92 Å². The number of aliphatic hydroxyl groups is 8. The topological polar surface area (TPSA) is 359 Å². The minimum Gasteiger partial charge on any atom is -0.455 e. The van der Waals surface area contributed by atoms with Crippen LogP contribution in [0.1, 0.15) is 164 Å². The fourth-order valence-electron chi connectivity index (χ4n) is 12.0. The maximum absolute atomic E-state index is 13.9. The van der Waals surface area contributed by atoms with E-state index in [1.807, 2.05) is 0 Å². The maximum Gasteiger partial charge on any atom is 0.331 e. The van der Waals surface area contributed by atoms with Gasteiger partial charge < -0.3 is 107 Å². The van der Waals surface area contributed by atoms with Gasteiger partial charge in [0.25, 0.3) is 0 Å². The Balaban J connectivity index is 1.23. The van der Waals surface area contributed by atoms with Crippen LogP contribution >= 0.6 is 0 Å². The second-order valence-electron chi connectivity index (χ2n) is 24.7. The summed E-state index contributed by atoms with van der Waals surface area (Å²) in [4.78, 5) is 54.8. The van der Waals surface area contributed by atoms with Crippen molar-refractivity contribution in [1.29, 1.82) is 0 Å². The van der Waals surface area contributed by atoms with Crippen LogP contribution in [0.25, 0.3) is 6.08 Å². The van der Waals surface area contributed by atoms with Gasteiger partial charge in [0.2, 0.25) is 0 Å². The minimum absolute atomic E-state index is 0.0661. The maximum atomic E-state index is 13.9. The summed E-state index contributed by atoms with van der Waals surface area (Å²) in [5, 5.41) is 91.5. The zero-order valence-electron chi connectivity index (χ0n) is 53.1. The lowest BCUT2D eigenvalue weighted by atomic mass is 9.95. The first-order valence-electron chi connectivity index (χ1n) is 32.5. The van der Waals surface area contributed by atoms with Gasteiger partial charge in [-0.3, -0.25) is 14.4 Å². The van der Waals surface area contributed by atoms with Crippen molar-refractivity contribution in [2.24, 2.45) is 5.92 Å². The average Bonchev–Trinajstić information content (AvgIpc) is 0.865. The summed E-state index contributed by atoms with van der Waals surface area (Å²) in [6.07, 6.45) is -27.9. The molecule has 7 rings (SSSR count). The molecule has 0 saturated carbocycles. The van der Waals surface area contributed by atoms with Gasteiger partial charge >= 0.3 is 23.9 Å². The van der Waals surface area contributed by atoms with Crippen LogP contribution in [0.15, 0.2) is 36.4 Å². The first kappa shape index (κ1) is 73.5. The Morgan fingerprint density at radius 3 is 1.88 bits per heavy atom. The highest BCUT2D eigenvalue weighted by Crippen LogP contribution is 2.40. The van der Waals surface area contributed by atoms with Crippen LogP contribution in [-0.2, 0) is 85.5 Å². The highest BCUT2D eigenvalue weighted by Gasteiger charge is 2.59. The van der Waals surface area contributed by atoms with Gasteiger partial charge in [0.05, 0.1) is 43.0 Å². The van der Waals surface area contributed by atoms with Crippen molar-refractivity contribution in [2.45, 2.75) is 318 Å². The highest BCUT2D eigenvalue weighted by atomic mass is 16.8. The molecule has 8 N–H and O–H groups in total. The molecule has 6 aliphatic rings. The number of esters is 4. The number of rotatable bonds is 20. The quantitative estimate of drug-likeness (QED) is 0.0401. The lowest BCUT2D eigenvalue weighted by molar-refractivity contribution is -0.400. The summed E-state index contributed by atoms with van der Waals surface area (Å²) in [7, 11) is 0. The summed E-state index contributed by atoms with van der Waals surface area (Å²) in [5.74, 6) is -3.76. The number of hydrogen-bond donors (Lipinski definition) is 8. The van der Waals surface area contributed by atoms with Crippen LogP contribution in [0.5, 0.6) is 0 Å². The standard InChI is InChI=1S/C64H100O26/c1-9-12-19-27-39-28-22-16-14-13-15-17-23-29-42(67)84-56-49(74)51(35(6)79-62(56)89-55-47(72)45(70)40(32-65)82-63(55)81-39)87-64-58(85-41(66)24-10-2)57(90-60-48(73)46(71)44(69)34(5)77-60)53(37(8)80-64)88-61-50(75)54(52(36(7)78-61)86-59(76)33(4)11-3)83-43(68)31-30-38-25-20-18-21-26-38/h18,20-21,25-26,30-31,33-37,39-40,44-58,60-65,69-75H,9-17,19,22-24,27-29,32H2,1-8H3/b31-30+/t33-,34-,35-,36-,37-,39?,40+,44-,45+,46+,47-,48+,49+,50+,51-,52-,53-,54-,55+,56+,57+,58+,60-,61-,62-,63+,64-/m0/s1. The summed E-state index contributed by atoms with van der Waals surface area (Å²) in [6, 6.07) is 8.84. The van der Waals surface area contributed by atoms with Gasteiger partial charge in [0, 0.05) is 18.9 Å². The monoisotopic (exact) mass is 1280 g/mol. The lowest BCUT2D eigenvalue weighted by Crippen LogP contribution is -2.68. The molecule has 26 nitrogen and oxygen atoms in total. The molecule has 0 spiro atoms. The first-order chi connectivity index (χ1) is 43.1. The van der Waals surface area contributed by atoms with E-state index in [9.17, 15) is 60.0 Å². The molecule has 0 amide bonds. The predicted molar refractivity (Wildman–Crippen MR) is 315 cm³/mol. The third kappa shape index (κ3) is 19.4. The molecule has 6 fully saturated rings.